The van der Waals surface area contributed by atoms with E-state index in [1.165, 1.54) is 31.4 Å². The average molecular weight is 286 g/mol. The molecule has 3 fully saturated rings. The fourth-order valence-corrected chi connectivity index (χ4v) is 4.75. The van der Waals surface area contributed by atoms with Crippen LogP contribution in [0, 0.1) is 46.6 Å². The monoisotopic (exact) mass is 286 g/mol. The number of rotatable bonds is 3. The zero-order valence-corrected chi connectivity index (χ0v) is 11.9. The van der Waals surface area contributed by atoms with Crippen molar-refractivity contribution in [1.82, 2.24) is 0 Å². The highest BCUT2D eigenvalue weighted by Gasteiger charge is 2.67. The van der Waals surface area contributed by atoms with Gasteiger partial charge in [0.05, 0.1) is 10.6 Å². The molecular formula is C16H18N2O3. The van der Waals surface area contributed by atoms with Crippen LogP contribution in [0.2, 0.25) is 0 Å². The summed E-state index contributed by atoms with van der Waals surface area (Å²) in [5, 5.41) is 13.8. The van der Waals surface area contributed by atoms with Gasteiger partial charge in [0, 0.05) is 18.1 Å². The van der Waals surface area contributed by atoms with Crippen LogP contribution in [0.1, 0.15) is 24.8 Å². The van der Waals surface area contributed by atoms with Crippen molar-refractivity contribution in [1.29, 1.82) is 0 Å². The standard InChI is InChI=1S/C16H18N2O3/c1-8-2-5-11(18(20)21)7-12(8)17-16(19)15-13-9-3-4-10(6-9)14(13)15/h2,5,7,9-10,13-15H,3-4,6H2,1H3,(H,17,19)/t9-,10-,13+,14+/m0/s1. The normalized spacial score (nSPS) is 35.4. The van der Waals surface area contributed by atoms with Gasteiger partial charge in [-0.2, -0.15) is 0 Å². The average Bonchev–Trinajstić information content (AvgIpc) is 2.90. The molecule has 0 saturated heterocycles. The zero-order valence-electron chi connectivity index (χ0n) is 11.9. The van der Waals surface area contributed by atoms with Gasteiger partial charge in [0.15, 0.2) is 0 Å². The van der Waals surface area contributed by atoms with Gasteiger partial charge < -0.3 is 5.32 Å². The van der Waals surface area contributed by atoms with Crippen molar-refractivity contribution >= 4 is 17.3 Å². The van der Waals surface area contributed by atoms with Crippen LogP contribution in [0.5, 0.6) is 0 Å². The van der Waals surface area contributed by atoms with Gasteiger partial charge in [-0.1, -0.05) is 6.07 Å². The van der Waals surface area contributed by atoms with Crippen molar-refractivity contribution < 1.29 is 9.72 Å². The molecule has 3 aliphatic rings. The summed E-state index contributed by atoms with van der Waals surface area (Å²) in [6, 6.07) is 4.61. The minimum atomic E-state index is -0.429. The van der Waals surface area contributed by atoms with E-state index in [2.05, 4.69) is 5.32 Å². The Labute approximate surface area is 122 Å². The highest BCUT2D eigenvalue weighted by Crippen LogP contribution is 2.69. The van der Waals surface area contributed by atoms with Gasteiger partial charge in [-0.25, -0.2) is 0 Å². The van der Waals surface area contributed by atoms with Crippen LogP contribution in [0.25, 0.3) is 0 Å². The molecule has 0 radical (unpaired) electrons. The molecule has 3 aliphatic carbocycles. The van der Waals surface area contributed by atoms with Crippen molar-refractivity contribution in [3.63, 3.8) is 0 Å². The Morgan fingerprint density at radius 3 is 2.57 bits per heavy atom. The largest absolute Gasteiger partial charge is 0.325 e. The molecule has 0 spiro atoms. The van der Waals surface area contributed by atoms with E-state index in [1.807, 2.05) is 6.92 Å². The molecule has 4 rings (SSSR count). The van der Waals surface area contributed by atoms with Gasteiger partial charge >= 0.3 is 0 Å². The number of benzene rings is 1. The summed E-state index contributed by atoms with van der Waals surface area (Å²) in [5.74, 6) is 2.88. The molecule has 1 aromatic rings. The highest BCUT2D eigenvalue weighted by molar-refractivity contribution is 5.96. The molecule has 1 amide bonds. The lowest BCUT2D eigenvalue weighted by atomic mass is 10.0. The first-order chi connectivity index (χ1) is 10.1. The molecule has 0 heterocycles. The lowest BCUT2D eigenvalue weighted by molar-refractivity contribution is -0.384. The predicted molar refractivity (Wildman–Crippen MR) is 77.8 cm³/mol. The van der Waals surface area contributed by atoms with Crippen LogP contribution in [0.3, 0.4) is 0 Å². The Kier molecular flexibility index (Phi) is 2.62. The third kappa shape index (κ3) is 1.87. The molecule has 0 unspecified atom stereocenters. The number of carbonyl (C=O) groups excluding carboxylic acids is 1. The van der Waals surface area contributed by atoms with Crippen LogP contribution in [-0.4, -0.2) is 10.8 Å². The second kappa shape index (κ2) is 4.29. The lowest BCUT2D eigenvalue weighted by Crippen LogP contribution is -2.19. The SMILES string of the molecule is Cc1ccc([N+](=O)[O-])cc1NC(=O)C1[C@@H]2[C@H]3CC[C@@H](C3)[C@@H]12. The second-order valence-corrected chi connectivity index (χ2v) is 6.76. The summed E-state index contributed by atoms with van der Waals surface area (Å²) < 4.78 is 0. The van der Waals surface area contributed by atoms with Gasteiger partial charge in [-0.3, -0.25) is 14.9 Å². The Bertz CT molecular complexity index is 626. The summed E-state index contributed by atoms with van der Waals surface area (Å²) in [5.41, 5.74) is 1.46. The molecule has 1 N–H and O–H groups in total. The van der Waals surface area contributed by atoms with Crippen molar-refractivity contribution in [2.75, 3.05) is 5.32 Å². The van der Waals surface area contributed by atoms with Crippen LogP contribution >= 0.6 is 0 Å². The molecule has 5 nitrogen and oxygen atoms in total. The number of hydrogen-bond donors (Lipinski definition) is 1. The molecule has 3 saturated carbocycles. The Balaban J connectivity index is 1.51. The molecule has 2 bridgehead atoms. The van der Waals surface area contributed by atoms with Gasteiger partial charge in [0.1, 0.15) is 0 Å². The van der Waals surface area contributed by atoms with Gasteiger partial charge in [-0.05, 0) is 55.4 Å². The van der Waals surface area contributed by atoms with E-state index >= 15 is 0 Å². The highest BCUT2D eigenvalue weighted by atomic mass is 16.6. The van der Waals surface area contributed by atoms with Crippen LogP contribution in [0.4, 0.5) is 11.4 Å². The van der Waals surface area contributed by atoms with Crippen LogP contribution in [0.15, 0.2) is 18.2 Å². The number of amides is 1. The van der Waals surface area contributed by atoms with Gasteiger partial charge in [-0.15, -0.1) is 0 Å². The number of anilines is 1. The Hall–Kier alpha value is -1.91. The maximum Gasteiger partial charge on any atom is 0.271 e. The van der Waals surface area contributed by atoms with E-state index in [4.69, 9.17) is 0 Å². The first-order valence-electron chi connectivity index (χ1n) is 7.62. The van der Waals surface area contributed by atoms with E-state index in [0.717, 1.165) is 17.4 Å². The number of nitro benzene ring substituents is 1. The summed E-state index contributed by atoms with van der Waals surface area (Å²) in [6.45, 7) is 1.86. The summed E-state index contributed by atoms with van der Waals surface area (Å²) in [7, 11) is 0. The van der Waals surface area contributed by atoms with Gasteiger partial charge in [0.25, 0.3) is 5.69 Å². The molecule has 5 heteroatoms. The van der Waals surface area contributed by atoms with Crippen molar-refractivity contribution in [2.24, 2.45) is 29.6 Å². The second-order valence-electron chi connectivity index (χ2n) is 6.76. The van der Waals surface area contributed by atoms with Crippen molar-refractivity contribution in [3.05, 3.63) is 33.9 Å². The molecule has 4 atom stereocenters. The number of aryl methyl sites for hydroxylation is 1. The quantitative estimate of drug-likeness (QED) is 0.685. The molecule has 110 valence electrons. The van der Waals surface area contributed by atoms with E-state index in [0.29, 0.717) is 17.5 Å². The number of fused-ring (bicyclic) bond motifs is 5. The fraction of sp³-hybridized carbons (Fsp3) is 0.562. The van der Waals surface area contributed by atoms with E-state index in [9.17, 15) is 14.9 Å². The zero-order chi connectivity index (χ0) is 14.7. The molecular weight excluding hydrogens is 268 g/mol. The Morgan fingerprint density at radius 1 is 1.29 bits per heavy atom. The summed E-state index contributed by atoms with van der Waals surface area (Å²) in [6.07, 6.45) is 3.88. The van der Waals surface area contributed by atoms with Gasteiger partial charge in [0.2, 0.25) is 5.91 Å². The van der Waals surface area contributed by atoms with Crippen LogP contribution < -0.4 is 5.32 Å². The number of non-ortho nitro benzene ring substituents is 1. The third-order valence-corrected chi connectivity index (χ3v) is 5.73. The topological polar surface area (TPSA) is 72.2 Å². The molecule has 1 aromatic carbocycles. The maximum absolute atomic E-state index is 12.5. The summed E-state index contributed by atoms with van der Waals surface area (Å²) in [4.78, 5) is 22.9. The fourth-order valence-electron chi connectivity index (χ4n) is 4.75. The van der Waals surface area contributed by atoms with Crippen LogP contribution in [-0.2, 0) is 4.79 Å². The molecule has 21 heavy (non-hydrogen) atoms. The maximum atomic E-state index is 12.5. The minimum absolute atomic E-state index is 0.0203. The first kappa shape index (κ1) is 12.8. The molecule has 0 aromatic heterocycles. The number of hydrogen-bond acceptors (Lipinski definition) is 3. The predicted octanol–water partition coefficient (Wildman–Crippen LogP) is 3.13. The molecule has 0 aliphatic heterocycles. The summed E-state index contributed by atoms with van der Waals surface area (Å²) >= 11 is 0. The number of nitrogens with one attached hydrogen (secondary N) is 1. The van der Waals surface area contributed by atoms with Crippen molar-refractivity contribution in [2.45, 2.75) is 26.2 Å². The van der Waals surface area contributed by atoms with Crippen molar-refractivity contribution in [3.8, 4) is 0 Å². The third-order valence-electron chi connectivity index (χ3n) is 5.73. The Morgan fingerprint density at radius 2 is 1.95 bits per heavy atom. The number of nitrogens with zero attached hydrogens (tertiary/aromatic N) is 1. The van der Waals surface area contributed by atoms with E-state index in [1.54, 1.807) is 6.07 Å². The minimum Gasteiger partial charge on any atom is -0.325 e. The first-order valence-corrected chi connectivity index (χ1v) is 7.62. The van der Waals surface area contributed by atoms with E-state index < -0.39 is 4.92 Å². The van der Waals surface area contributed by atoms with E-state index in [-0.39, 0.29) is 17.5 Å². The lowest BCUT2D eigenvalue weighted by Gasteiger charge is -2.11. The number of carbonyl (C=O) groups is 1. The smallest absolute Gasteiger partial charge is 0.271 e. The number of nitro groups is 1.